The lowest BCUT2D eigenvalue weighted by atomic mass is 10.1. The molecule has 0 radical (unpaired) electrons. The first-order chi connectivity index (χ1) is 7.97. The molecule has 0 bridgehead atoms. The zero-order valence-corrected chi connectivity index (χ0v) is 12.7. The first-order valence-corrected chi connectivity index (χ1v) is 6.93. The van der Waals surface area contributed by atoms with Crippen molar-refractivity contribution in [3.8, 4) is 0 Å². The van der Waals surface area contributed by atoms with Gasteiger partial charge in [-0.1, -0.05) is 6.07 Å². The van der Waals surface area contributed by atoms with E-state index >= 15 is 0 Å². The van der Waals surface area contributed by atoms with E-state index in [2.05, 4.69) is 15.9 Å². The second kappa shape index (κ2) is 6.41. The van der Waals surface area contributed by atoms with Crippen LogP contribution >= 0.6 is 27.5 Å². The number of hydrogen-bond donors (Lipinski definition) is 0. The maximum Gasteiger partial charge on any atom is 0.255 e. The van der Waals surface area contributed by atoms with E-state index < -0.39 is 0 Å². The first-order valence-electron chi connectivity index (χ1n) is 5.60. The number of carbonyl (C=O) groups is 1. The normalized spacial score (nSPS) is 10.7. The average Bonchev–Trinajstić information content (AvgIpc) is 2.24. The van der Waals surface area contributed by atoms with Crippen LogP contribution in [0.1, 0.15) is 29.8 Å². The highest BCUT2D eigenvalue weighted by Gasteiger charge is 2.20. The zero-order valence-electron chi connectivity index (χ0n) is 10.3. The Morgan fingerprint density at radius 2 is 2.12 bits per heavy atom. The van der Waals surface area contributed by atoms with Gasteiger partial charge in [0.05, 0.1) is 5.56 Å². The van der Waals surface area contributed by atoms with E-state index in [1.165, 1.54) is 0 Å². The first kappa shape index (κ1) is 14.5. The second-order valence-corrected chi connectivity index (χ2v) is 5.50. The predicted molar refractivity (Wildman–Crippen MR) is 75.8 cm³/mol. The summed E-state index contributed by atoms with van der Waals surface area (Å²) in [5.41, 5.74) is 1.82. The molecule has 0 aliphatic rings. The summed E-state index contributed by atoms with van der Waals surface area (Å²) in [5.74, 6) is 0.473. The molecule has 0 atom stereocenters. The van der Waals surface area contributed by atoms with Crippen LogP contribution in [-0.2, 0) is 0 Å². The van der Waals surface area contributed by atoms with E-state index in [1.807, 2.05) is 39.0 Å². The van der Waals surface area contributed by atoms with Gasteiger partial charge in [-0.3, -0.25) is 4.79 Å². The van der Waals surface area contributed by atoms with Crippen LogP contribution in [0.2, 0.25) is 0 Å². The van der Waals surface area contributed by atoms with Crippen molar-refractivity contribution in [1.82, 2.24) is 4.90 Å². The standard InChI is InChI=1S/C13H17BrClNO/c1-9(2)16(7-6-15)13(17)11-5-4-10(3)8-12(11)14/h4-5,8-9H,6-7H2,1-3H3. The largest absolute Gasteiger partial charge is 0.335 e. The lowest BCUT2D eigenvalue weighted by molar-refractivity contribution is 0.0717. The third-order valence-electron chi connectivity index (χ3n) is 2.56. The third-order valence-corrected chi connectivity index (χ3v) is 3.39. The summed E-state index contributed by atoms with van der Waals surface area (Å²) < 4.78 is 0.836. The molecular formula is C13H17BrClNO. The van der Waals surface area contributed by atoms with Crippen molar-refractivity contribution in [3.05, 3.63) is 33.8 Å². The lowest BCUT2D eigenvalue weighted by Crippen LogP contribution is -2.38. The maximum absolute atomic E-state index is 12.3. The van der Waals surface area contributed by atoms with Gasteiger partial charge >= 0.3 is 0 Å². The fourth-order valence-electron chi connectivity index (χ4n) is 1.63. The smallest absolute Gasteiger partial charge is 0.255 e. The third kappa shape index (κ3) is 3.71. The van der Waals surface area contributed by atoms with Crippen molar-refractivity contribution in [2.45, 2.75) is 26.8 Å². The summed E-state index contributed by atoms with van der Waals surface area (Å²) in [6.45, 7) is 6.55. The van der Waals surface area contributed by atoms with E-state index in [1.54, 1.807) is 4.90 Å². The number of aryl methyl sites for hydroxylation is 1. The van der Waals surface area contributed by atoms with Crippen LogP contribution in [-0.4, -0.2) is 29.3 Å². The SMILES string of the molecule is Cc1ccc(C(=O)N(CCCl)C(C)C)c(Br)c1. The Hall–Kier alpha value is -0.540. The van der Waals surface area contributed by atoms with Crippen molar-refractivity contribution >= 4 is 33.4 Å². The summed E-state index contributed by atoms with van der Waals surface area (Å²) in [7, 11) is 0. The molecule has 0 saturated carbocycles. The van der Waals surface area contributed by atoms with Gasteiger partial charge in [-0.25, -0.2) is 0 Å². The maximum atomic E-state index is 12.3. The van der Waals surface area contributed by atoms with Gasteiger partial charge in [0.1, 0.15) is 0 Å². The number of halogens is 2. The molecule has 1 amide bonds. The van der Waals surface area contributed by atoms with Gasteiger partial charge in [-0.2, -0.15) is 0 Å². The summed E-state index contributed by atoms with van der Waals surface area (Å²) in [6.07, 6.45) is 0. The van der Waals surface area contributed by atoms with Crippen molar-refractivity contribution < 1.29 is 4.79 Å². The van der Waals surface area contributed by atoms with Crippen LogP contribution in [0.15, 0.2) is 22.7 Å². The number of amides is 1. The number of carbonyl (C=O) groups excluding carboxylic acids is 1. The van der Waals surface area contributed by atoms with Gasteiger partial charge in [-0.05, 0) is 54.4 Å². The molecule has 1 rings (SSSR count). The fourth-order valence-corrected chi connectivity index (χ4v) is 2.48. The summed E-state index contributed by atoms with van der Waals surface area (Å²) in [6, 6.07) is 5.89. The van der Waals surface area contributed by atoms with Crippen LogP contribution < -0.4 is 0 Å². The molecule has 0 aliphatic carbocycles. The monoisotopic (exact) mass is 317 g/mol. The minimum Gasteiger partial charge on any atom is -0.335 e. The van der Waals surface area contributed by atoms with E-state index in [-0.39, 0.29) is 11.9 Å². The predicted octanol–water partition coefficient (Wildman–Crippen LogP) is 3.85. The molecule has 0 spiro atoms. The minimum absolute atomic E-state index is 0.0209. The Kier molecular flexibility index (Phi) is 5.47. The Labute approximate surface area is 116 Å². The van der Waals surface area contributed by atoms with E-state index in [0.29, 0.717) is 18.0 Å². The van der Waals surface area contributed by atoms with Gasteiger partial charge in [0, 0.05) is 22.9 Å². The van der Waals surface area contributed by atoms with Gasteiger partial charge in [0.25, 0.3) is 5.91 Å². The van der Waals surface area contributed by atoms with Gasteiger partial charge in [0.2, 0.25) is 0 Å². The molecule has 2 nitrogen and oxygen atoms in total. The molecule has 0 aromatic heterocycles. The Morgan fingerprint density at radius 3 is 2.59 bits per heavy atom. The molecule has 17 heavy (non-hydrogen) atoms. The molecule has 0 unspecified atom stereocenters. The van der Waals surface area contributed by atoms with Crippen LogP contribution in [0, 0.1) is 6.92 Å². The Bertz CT molecular complexity index is 406. The molecule has 1 aromatic carbocycles. The number of rotatable bonds is 4. The Morgan fingerprint density at radius 1 is 1.47 bits per heavy atom. The highest BCUT2D eigenvalue weighted by molar-refractivity contribution is 9.10. The van der Waals surface area contributed by atoms with Gasteiger partial charge < -0.3 is 4.90 Å². The number of hydrogen-bond acceptors (Lipinski definition) is 1. The quantitative estimate of drug-likeness (QED) is 0.772. The van der Waals surface area contributed by atoms with E-state index in [4.69, 9.17) is 11.6 Å². The van der Waals surface area contributed by atoms with E-state index in [0.717, 1.165) is 10.0 Å². The molecule has 0 saturated heterocycles. The molecule has 0 fully saturated rings. The summed E-state index contributed by atoms with van der Waals surface area (Å²) in [5, 5.41) is 0. The topological polar surface area (TPSA) is 20.3 Å². The average molecular weight is 319 g/mol. The minimum atomic E-state index is 0.0209. The van der Waals surface area contributed by atoms with Crippen molar-refractivity contribution in [1.29, 1.82) is 0 Å². The number of alkyl halides is 1. The fraction of sp³-hybridized carbons (Fsp3) is 0.462. The van der Waals surface area contributed by atoms with Gasteiger partial charge in [0.15, 0.2) is 0 Å². The van der Waals surface area contributed by atoms with Crippen LogP contribution in [0.3, 0.4) is 0 Å². The van der Waals surface area contributed by atoms with Crippen molar-refractivity contribution in [2.24, 2.45) is 0 Å². The number of benzene rings is 1. The summed E-state index contributed by atoms with van der Waals surface area (Å²) >= 11 is 9.17. The van der Waals surface area contributed by atoms with Gasteiger partial charge in [-0.15, -0.1) is 11.6 Å². The van der Waals surface area contributed by atoms with Crippen LogP contribution in [0.5, 0.6) is 0 Å². The molecule has 4 heteroatoms. The van der Waals surface area contributed by atoms with Crippen molar-refractivity contribution in [3.63, 3.8) is 0 Å². The molecule has 94 valence electrons. The molecule has 0 heterocycles. The molecule has 0 aliphatic heterocycles. The van der Waals surface area contributed by atoms with Crippen molar-refractivity contribution in [2.75, 3.05) is 12.4 Å². The highest BCUT2D eigenvalue weighted by Crippen LogP contribution is 2.21. The van der Waals surface area contributed by atoms with Crippen LogP contribution in [0.4, 0.5) is 0 Å². The number of nitrogens with zero attached hydrogens (tertiary/aromatic N) is 1. The molecular weight excluding hydrogens is 302 g/mol. The highest BCUT2D eigenvalue weighted by atomic mass is 79.9. The van der Waals surface area contributed by atoms with Crippen LogP contribution in [0.25, 0.3) is 0 Å². The Balaban J connectivity index is 3.01. The molecule has 0 N–H and O–H groups in total. The summed E-state index contributed by atoms with van der Waals surface area (Å²) in [4.78, 5) is 14.1. The van der Waals surface area contributed by atoms with E-state index in [9.17, 15) is 4.79 Å². The second-order valence-electron chi connectivity index (χ2n) is 4.26. The lowest BCUT2D eigenvalue weighted by Gasteiger charge is -2.26. The molecule has 1 aromatic rings. The zero-order chi connectivity index (χ0) is 13.0.